The Morgan fingerprint density at radius 3 is 2.74 bits per heavy atom. The van der Waals surface area contributed by atoms with E-state index in [0.29, 0.717) is 29.9 Å². The van der Waals surface area contributed by atoms with E-state index in [0.717, 1.165) is 11.1 Å². The van der Waals surface area contributed by atoms with Crippen molar-refractivity contribution in [2.24, 2.45) is 0 Å². The third kappa shape index (κ3) is 2.91. The predicted molar refractivity (Wildman–Crippen MR) is 102 cm³/mol. The van der Waals surface area contributed by atoms with Crippen molar-refractivity contribution in [2.45, 2.75) is 32.9 Å². The molecule has 0 aliphatic carbocycles. The number of rotatable bonds is 5. The van der Waals surface area contributed by atoms with Crippen molar-refractivity contribution in [3.05, 3.63) is 70.5 Å². The van der Waals surface area contributed by atoms with Crippen molar-refractivity contribution in [1.82, 2.24) is 19.5 Å². The van der Waals surface area contributed by atoms with Crippen molar-refractivity contribution in [1.29, 1.82) is 0 Å². The van der Waals surface area contributed by atoms with Crippen LogP contribution in [0.4, 0.5) is 0 Å². The second-order valence-electron chi connectivity index (χ2n) is 6.46. The van der Waals surface area contributed by atoms with Gasteiger partial charge >= 0.3 is 0 Å². The molecule has 3 heterocycles. The minimum atomic E-state index is -0.675. The zero-order valence-corrected chi connectivity index (χ0v) is 15.2. The lowest BCUT2D eigenvalue weighted by Crippen LogP contribution is -2.39. The maximum atomic E-state index is 13.0. The second-order valence-corrected chi connectivity index (χ2v) is 6.46. The van der Waals surface area contributed by atoms with Crippen molar-refractivity contribution >= 4 is 22.5 Å². The van der Waals surface area contributed by atoms with E-state index in [1.54, 1.807) is 22.8 Å². The van der Waals surface area contributed by atoms with Crippen LogP contribution in [0.3, 0.4) is 0 Å². The first-order valence-electron chi connectivity index (χ1n) is 8.90. The van der Waals surface area contributed by atoms with E-state index in [4.69, 9.17) is 4.42 Å². The molecule has 0 saturated heterocycles. The first kappa shape index (κ1) is 17.1. The molecule has 1 atom stereocenters. The number of benzene rings is 1. The fourth-order valence-electron chi connectivity index (χ4n) is 3.38. The molecule has 0 saturated carbocycles. The van der Waals surface area contributed by atoms with Gasteiger partial charge in [-0.1, -0.05) is 37.3 Å². The van der Waals surface area contributed by atoms with Crippen LogP contribution in [-0.2, 0) is 11.3 Å². The summed E-state index contributed by atoms with van der Waals surface area (Å²) < 4.78 is 8.44. The molecule has 27 heavy (non-hydrogen) atoms. The Labute approximate surface area is 155 Å². The zero-order chi connectivity index (χ0) is 19.0. The number of nitrogens with one attached hydrogen (secondary N) is 1. The van der Waals surface area contributed by atoms with E-state index < -0.39 is 6.04 Å². The molecule has 0 spiro atoms. The zero-order valence-electron chi connectivity index (χ0n) is 15.2. The van der Waals surface area contributed by atoms with Gasteiger partial charge in [0.25, 0.3) is 5.56 Å². The summed E-state index contributed by atoms with van der Waals surface area (Å²) in [6, 6.07) is 12.5. The molecule has 4 aromatic rings. The first-order chi connectivity index (χ1) is 13.1. The van der Waals surface area contributed by atoms with E-state index in [1.807, 2.05) is 44.2 Å². The number of aryl methyl sites for hydroxylation is 1. The van der Waals surface area contributed by atoms with Crippen LogP contribution in [0, 0.1) is 6.92 Å². The summed E-state index contributed by atoms with van der Waals surface area (Å²) in [4.78, 5) is 25.7. The number of hydrogen-bond acceptors (Lipinski definition) is 4. The Morgan fingerprint density at radius 1 is 1.22 bits per heavy atom. The highest BCUT2D eigenvalue weighted by atomic mass is 16.3. The Bertz CT molecular complexity index is 1170. The van der Waals surface area contributed by atoms with Gasteiger partial charge in [0.2, 0.25) is 5.91 Å². The standard InChI is InChI=1S/C20H20N4O3/c1-3-15(19(25)21-12-14-7-5-4-6-8-14)24-20(26)17-11-18-16(9-10-27-18)23(17)13(2)22-24/h4-11,15H,3,12H2,1-2H3,(H,21,25)/t15-/m0/s1. The molecule has 7 nitrogen and oxygen atoms in total. The third-order valence-corrected chi connectivity index (χ3v) is 4.72. The van der Waals surface area contributed by atoms with Gasteiger partial charge in [0, 0.05) is 18.7 Å². The average Bonchev–Trinajstić information content (AvgIpc) is 3.26. The lowest BCUT2D eigenvalue weighted by Gasteiger charge is -2.18. The minimum absolute atomic E-state index is 0.227. The average molecular weight is 364 g/mol. The SMILES string of the molecule is CC[C@@H](C(=O)NCc1ccccc1)n1nc(C)n2c(cc3occc32)c1=O. The normalized spacial score (nSPS) is 12.5. The number of carbonyl (C=O) groups is 1. The highest BCUT2D eigenvalue weighted by Gasteiger charge is 2.23. The summed E-state index contributed by atoms with van der Waals surface area (Å²) in [5.74, 6) is 0.394. The summed E-state index contributed by atoms with van der Waals surface area (Å²) in [6.07, 6.45) is 2.04. The van der Waals surface area contributed by atoms with Crippen LogP contribution in [-0.4, -0.2) is 20.1 Å². The molecular weight excluding hydrogens is 344 g/mol. The number of furan rings is 1. The molecule has 0 aliphatic heterocycles. The van der Waals surface area contributed by atoms with Gasteiger partial charge in [-0.25, -0.2) is 4.68 Å². The van der Waals surface area contributed by atoms with Crippen molar-refractivity contribution in [3.8, 4) is 0 Å². The Hall–Kier alpha value is -3.35. The van der Waals surface area contributed by atoms with Gasteiger partial charge in [-0.15, -0.1) is 0 Å². The fourth-order valence-corrected chi connectivity index (χ4v) is 3.38. The molecule has 1 N–H and O–H groups in total. The third-order valence-electron chi connectivity index (χ3n) is 4.72. The van der Waals surface area contributed by atoms with Crippen molar-refractivity contribution in [2.75, 3.05) is 0 Å². The number of amides is 1. The molecule has 0 fully saturated rings. The van der Waals surface area contributed by atoms with Gasteiger partial charge in [-0.3, -0.25) is 14.0 Å². The van der Waals surface area contributed by atoms with Crippen molar-refractivity contribution < 1.29 is 9.21 Å². The molecule has 1 amide bonds. The summed E-state index contributed by atoms with van der Waals surface area (Å²) in [5.41, 5.74) is 2.55. The summed E-state index contributed by atoms with van der Waals surface area (Å²) in [6.45, 7) is 4.08. The number of hydrogen-bond donors (Lipinski definition) is 1. The smallest absolute Gasteiger partial charge is 0.291 e. The summed E-state index contributed by atoms with van der Waals surface area (Å²) in [7, 11) is 0. The quantitative estimate of drug-likeness (QED) is 0.590. The number of carbonyl (C=O) groups excluding carboxylic acids is 1. The largest absolute Gasteiger partial charge is 0.463 e. The highest BCUT2D eigenvalue weighted by Crippen LogP contribution is 2.21. The lowest BCUT2D eigenvalue weighted by molar-refractivity contribution is -0.125. The monoisotopic (exact) mass is 364 g/mol. The van der Waals surface area contributed by atoms with Crippen LogP contribution in [0.1, 0.15) is 30.8 Å². The summed E-state index contributed by atoms with van der Waals surface area (Å²) in [5, 5.41) is 7.32. The molecule has 0 aliphatic rings. The number of aromatic nitrogens is 3. The maximum Gasteiger partial charge on any atom is 0.291 e. The molecular formula is C20H20N4O3. The topological polar surface area (TPSA) is 81.5 Å². The van der Waals surface area contributed by atoms with Crippen LogP contribution < -0.4 is 10.9 Å². The minimum Gasteiger partial charge on any atom is -0.463 e. The Morgan fingerprint density at radius 2 is 2.00 bits per heavy atom. The molecule has 138 valence electrons. The number of fused-ring (bicyclic) bond motifs is 3. The second kappa shape index (κ2) is 6.75. The van der Waals surface area contributed by atoms with Gasteiger partial charge in [0.1, 0.15) is 17.4 Å². The highest BCUT2D eigenvalue weighted by molar-refractivity contribution is 5.83. The predicted octanol–water partition coefficient (Wildman–Crippen LogP) is 2.82. The van der Waals surface area contributed by atoms with E-state index in [9.17, 15) is 9.59 Å². The Kier molecular flexibility index (Phi) is 4.27. The molecule has 4 rings (SSSR count). The van der Waals surface area contributed by atoms with Crippen LogP contribution in [0.25, 0.3) is 16.6 Å². The van der Waals surface area contributed by atoms with Crippen LogP contribution in [0.15, 0.2) is 57.9 Å². The van der Waals surface area contributed by atoms with Crippen LogP contribution >= 0.6 is 0 Å². The maximum absolute atomic E-state index is 13.0. The molecule has 0 bridgehead atoms. The molecule has 0 radical (unpaired) electrons. The van der Waals surface area contributed by atoms with Gasteiger partial charge in [-0.2, -0.15) is 5.10 Å². The van der Waals surface area contributed by atoms with Crippen molar-refractivity contribution in [3.63, 3.8) is 0 Å². The summed E-state index contributed by atoms with van der Waals surface area (Å²) >= 11 is 0. The van der Waals surface area contributed by atoms with Crippen LogP contribution in [0.2, 0.25) is 0 Å². The van der Waals surface area contributed by atoms with E-state index >= 15 is 0 Å². The van der Waals surface area contributed by atoms with Gasteiger partial charge in [0.15, 0.2) is 5.58 Å². The van der Waals surface area contributed by atoms with E-state index in [2.05, 4.69) is 10.4 Å². The van der Waals surface area contributed by atoms with E-state index in [1.165, 1.54) is 4.68 Å². The van der Waals surface area contributed by atoms with E-state index in [-0.39, 0.29) is 11.5 Å². The van der Waals surface area contributed by atoms with Gasteiger partial charge in [0.05, 0.1) is 11.8 Å². The lowest BCUT2D eigenvalue weighted by atomic mass is 10.2. The first-order valence-corrected chi connectivity index (χ1v) is 8.90. The molecule has 3 aromatic heterocycles. The van der Waals surface area contributed by atoms with Crippen LogP contribution in [0.5, 0.6) is 0 Å². The van der Waals surface area contributed by atoms with Gasteiger partial charge in [-0.05, 0) is 18.9 Å². The molecule has 1 aromatic carbocycles. The molecule has 0 unspecified atom stereocenters. The Balaban J connectivity index is 1.69. The van der Waals surface area contributed by atoms with Gasteiger partial charge < -0.3 is 9.73 Å². The fraction of sp³-hybridized carbons (Fsp3) is 0.250. The number of nitrogens with zero attached hydrogens (tertiary/aromatic N) is 3. The molecule has 7 heteroatoms.